The average molecular weight is 509 g/mol. The third-order valence-corrected chi connectivity index (χ3v) is 6.53. The monoisotopic (exact) mass is 508 g/mol. The van der Waals surface area contributed by atoms with Crippen molar-refractivity contribution in [1.29, 1.82) is 0 Å². The van der Waals surface area contributed by atoms with Gasteiger partial charge in [0, 0.05) is 29.1 Å². The predicted octanol–water partition coefficient (Wildman–Crippen LogP) is 6.08. The quantitative estimate of drug-likeness (QED) is 0.249. The molecule has 1 atom stereocenters. The lowest BCUT2D eigenvalue weighted by atomic mass is 9.87. The molecule has 0 radical (unpaired) electrons. The summed E-state index contributed by atoms with van der Waals surface area (Å²) in [5, 5.41) is 22.5. The molecule has 0 aliphatic carbocycles. The first-order valence-electron chi connectivity index (χ1n) is 12.3. The number of amides is 1. The lowest BCUT2D eigenvalue weighted by Gasteiger charge is -2.28. The number of carbonyl (C=O) groups is 1. The van der Waals surface area contributed by atoms with Crippen LogP contribution in [0.5, 0.6) is 0 Å². The molecule has 4 aromatic rings. The van der Waals surface area contributed by atoms with Crippen LogP contribution in [0.25, 0.3) is 11.4 Å². The van der Waals surface area contributed by atoms with Crippen molar-refractivity contribution in [3.63, 3.8) is 0 Å². The van der Waals surface area contributed by atoms with Crippen LogP contribution in [0.15, 0.2) is 90.1 Å². The number of nitrogens with one attached hydrogen (secondary N) is 2. The number of nitro groups is 1. The molecular formula is C29H28N6O3. The maximum absolute atomic E-state index is 13.6. The van der Waals surface area contributed by atoms with E-state index in [-0.39, 0.29) is 17.0 Å². The highest BCUT2D eigenvalue weighted by Crippen LogP contribution is 2.38. The number of nitrogens with zero attached hydrogens (tertiary/aromatic N) is 4. The van der Waals surface area contributed by atoms with Gasteiger partial charge in [-0.05, 0) is 35.6 Å². The van der Waals surface area contributed by atoms with E-state index in [0.717, 1.165) is 5.56 Å². The van der Waals surface area contributed by atoms with Crippen molar-refractivity contribution < 1.29 is 9.72 Å². The van der Waals surface area contributed by atoms with Gasteiger partial charge in [0.15, 0.2) is 5.82 Å². The van der Waals surface area contributed by atoms with Crippen molar-refractivity contribution >= 4 is 23.2 Å². The molecule has 0 saturated heterocycles. The Kier molecular flexibility index (Phi) is 6.28. The van der Waals surface area contributed by atoms with Crippen LogP contribution in [0.4, 0.5) is 17.3 Å². The van der Waals surface area contributed by atoms with Crippen molar-refractivity contribution in [3.05, 3.63) is 111 Å². The number of allylic oxidation sites excluding steroid dienone is 1. The topological polar surface area (TPSA) is 115 Å². The van der Waals surface area contributed by atoms with Crippen LogP contribution in [0.2, 0.25) is 0 Å². The van der Waals surface area contributed by atoms with Gasteiger partial charge in [-0.1, -0.05) is 75.4 Å². The van der Waals surface area contributed by atoms with Gasteiger partial charge < -0.3 is 10.6 Å². The largest absolute Gasteiger partial charge is 0.328 e. The van der Waals surface area contributed by atoms with E-state index in [9.17, 15) is 14.9 Å². The van der Waals surface area contributed by atoms with E-state index >= 15 is 0 Å². The Morgan fingerprint density at radius 1 is 1.03 bits per heavy atom. The van der Waals surface area contributed by atoms with Crippen molar-refractivity contribution in [1.82, 2.24) is 14.8 Å². The molecule has 0 fully saturated rings. The van der Waals surface area contributed by atoms with E-state index in [0.29, 0.717) is 34.3 Å². The van der Waals surface area contributed by atoms with Crippen LogP contribution >= 0.6 is 0 Å². The number of non-ortho nitro benzene ring substituents is 1. The van der Waals surface area contributed by atoms with Crippen molar-refractivity contribution in [2.75, 3.05) is 10.6 Å². The zero-order valence-corrected chi connectivity index (χ0v) is 21.6. The maximum Gasteiger partial charge on any atom is 0.269 e. The van der Waals surface area contributed by atoms with Gasteiger partial charge in [0.1, 0.15) is 6.04 Å². The molecule has 3 aromatic carbocycles. The molecule has 1 aromatic heterocycles. The Hall–Kier alpha value is -4.79. The number of hydrogen-bond acceptors (Lipinski definition) is 6. The van der Waals surface area contributed by atoms with Gasteiger partial charge in [0.25, 0.3) is 11.6 Å². The predicted molar refractivity (Wildman–Crippen MR) is 147 cm³/mol. The van der Waals surface area contributed by atoms with Crippen LogP contribution in [0.1, 0.15) is 44.9 Å². The molecule has 0 bridgehead atoms. The summed E-state index contributed by atoms with van der Waals surface area (Å²) in [5.74, 6) is 0.598. The second kappa shape index (κ2) is 9.59. The van der Waals surface area contributed by atoms with E-state index in [4.69, 9.17) is 10.1 Å². The lowest BCUT2D eigenvalue weighted by molar-refractivity contribution is -0.384. The van der Waals surface area contributed by atoms with Crippen LogP contribution in [-0.4, -0.2) is 25.6 Å². The summed E-state index contributed by atoms with van der Waals surface area (Å²) in [6.07, 6.45) is 0. The van der Waals surface area contributed by atoms with Crippen LogP contribution in [0, 0.1) is 10.1 Å². The fourth-order valence-corrected chi connectivity index (χ4v) is 4.52. The minimum atomic E-state index is -0.732. The molecule has 0 saturated carbocycles. The molecule has 5 rings (SSSR count). The van der Waals surface area contributed by atoms with E-state index in [1.54, 1.807) is 35.9 Å². The first kappa shape index (κ1) is 24.9. The Morgan fingerprint density at radius 3 is 2.39 bits per heavy atom. The van der Waals surface area contributed by atoms with Crippen molar-refractivity contribution in [2.24, 2.45) is 0 Å². The summed E-state index contributed by atoms with van der Waals surface area (Å²) < 4.78 is 1.62. The van der Waals surface area contributed by atoms with Gasteiger partial charge in [-0.25, -0.2) is 4.68 Å². The molecule has 0 spiro atoms. The first-order chi connectivity index (χ1) is 18.1. The van der Waals surface area contributed by atoms with Gasteiger partial charge in [-0.15, -0.1) is 5.10 Å². The molecule has 2 heterocycles. The number of fused-ring (bicyclic) bond motifs is 1. The highest BCUT2D eigenvalue weighted by Gasteiger charge is 2.35. The zero-order valence-electron chi connectivity index (χ0n) is 21.6. The standard InChI is InChI=1S/C29H28N6O3/c1-18-24(27(36)31-22-10-6-5-7-11-22)25(20-9-8-12-23(17-20)35(37)38)34-28(30-18)32-26(33-34)19-13-15-21(16-14-19)29(2,3)4/h5-17,25H,1-4H3,(H,31,36)(H,30,32,33). The molecule has 1 amide bonds. The second-order valence-electron chi connectivity index (χ2n) is 10.3. The molecule has 192 valence electrons. The maximum atomic E-state index is 13.6. The number of para-hydroxylation sites is 1. The summed E-state index contributed by atoms with van der Waals surface area (Å²) >= 11 is 0. The molecule has 1 aliphatic heterocycles. The number of nitro benzene ring substituents is 1. The number of rotatable bonds is 5. The third kappa shape index (κ3) is 4.78. The van der Waals surface area contributed by atoms with Gasteiger partial charge in [-0.2, -0.15) is 4.98 Å². The Bertz CT molecular complexity index is 1550. The second-order valence-corrected chi connectivity index (χ2v) is 10.3. The molecule has 9 heteroatoms. The number of aromatic nitrogens is 3. The van der Waals surface area contributed by atoms with Crippen LogP contribution in [-0.2, 0) is 10.2 Å². The summed E-state index contributed by atoms with van der Waals surface area (Å²) in [6, 6.07) is 22.7. The SMILES string of the molecule is CC1=C(C(=O)Nc2ccccc2)C(c2cccc([N+](=O)[O-])c2)n2nc(-c3ccc(C(C)(C)C)cc3)nc2N1. The Labute approximate surface area is 220 Å². The number of carbonyl (C=O) groups excluding carboxylic acids is 1. The molecule has 1 unspecified atom stereocenters. The van der Waals surface area contributed by atoms with E-state index in [1.165, 1.54) is 17.7 Å². The minimum absolute atomic E-state index is 0.0100. The molecule has 2 N–H and O–H groups in total. The van der Waals surface area contributed by atoms with Crippen molar-refractivity contribution in [2.45, 2.75) is 39.2 Å². The summed E-state index contributed by atoms with van der Waals surface area (Å²) in [4.78, 5) is 29.4. The summed E-state index contributed by atoms with van der Waals surface area (Å²) in [7, 11) is 0. The zero-order chi connectivity index (χ0) is 27.0. The Balaban J connectivity index is 1.60. The van der Waals surface area contributed by atoms with Gasteiger partial charge in [0.2, 0.25) is 5.95 Å². The van der Waals surface area contributed by atoms with E-state index < -0.39 is 11.0 Å². The fraction of sp³-hybridized carbons (Fsp3) is 0.207. The van der Waals surface area contributed by atoms with E-state index in [1.807, 2.05) is 30.3 Å². The van der Waals surface area contributed by atoms with E-state index in [2.05, 4.69) is 43.5 Å². The van der Waals surface area contributed by atoms with Gasteiger partial charge >= 0.3 is 0 Å². The normalized spacial score (nSPS) is 15.0. The highest BCUT2D eigenvalue weighted by molar-refractivity contribution is 6.06. The fourth-order valence-electron chi connectivity index (χ4n) is 4.52. The number of benzene rings is 3. The first-order valence-corrected chi connectivity index (χ1v) is 12.3. The van der Waals surface area contributed by atoms with Crippen LogP contribution < -0.4 is 10.6 Å². The van der Waals surface area contributed by atoms with Gasteiger partial charge in [-0.3, -0.25) is 14.9 Å². The van der Waals surface area contributed by atoms with Gasteiger partial charge in [0.05, 0.1) is 10.5 Å². The molecular weight excluding hydrogens is 480 g/mol. The third-order valence-electron chi connectivity index (χ3n) is 6.53. The minimum Gasteiger partial charge on any atom is -0.328 e. The smallest absolute Gasteiger partial charge is 0.269 e. The molecule has 9 nitrogen and oxygen atoms in total. The number of hydrogen-bond donors (Lipinski definition) is 2. The number of anilines is 2. The average Bonchev–Trinajstić information content (AvgIpc) is 3.31. The Morgan fingerprint density at radius 2 is 1.74 bits per heavy atom. The van der Waals surface area contributed by atoms with Crippen molar-refractivity contribution in [3.8, 4) is 11.4 Å². The summed E-state index contributed by atoms with van der Waals surface area (Å²) in [5.41, 5.74) is 4.13. The molecule has 38 heavy (non-hydrogen) atoms. The molecule has 1 aliphatic rings. The summed E-state index contributed by atoms with van der Waals surface area (Å²) in [6.45, 7) is 8.25. The highest BCUT2D eigenvalue weighted by atomic mass is 16.6. The van der Waals surface area contributed by atoms with Crippen LogP contribution in [0.3, 0.4) is 0 Å². The lowest BCUT2D eigenvalue weighted by Crippen LogP contribution is -2.31.